The molecule has 18 heavy (non-hydrogen) atoms. The van der Waals surface area contributed by atoms with Gasteiger partial charge in [-0.1, -0.05) is 6.07 Å². The predicted octanol–water partition coefficient (Wildman–Crippen LogP) is 0.692. The molecule has 0 unspecified atom stereocenters. The SMILES string of the molecule is Cc1ccc(CNC(=O)c2cnc(N)cn2)cn1. The molecule has 0 bridgehead atoms. The normalized spacial score (nSPS) is 10.1. The standard InChI is InChI=1S/C12H13N5O/c1-8-2-3-9(4-14-8)5-17-12(18)10-6-16-11(13)7-15-10/h2-4,6-7H,5H2,1H3,(H2,13,16)(H,17,18). The number of hydrogen-bond acceptors (Lipinski definition) is 5. The number of hydrogen-bond donors (Lipinski definition) is 2. The Bertz CT molecular complexity index is 535. The van der Waals surface area contributed by atoms with Gasteiger partial charge >= 0.3 is 0 Å². The van der Waals surface area contributed by atoms with Gasteiger partial charge < -0.3 is 11.1 Å². The van der Waals surface area contributed by atoms with E-state index in [9.17, 15) is 4.79 Å². The zero-order valence-electron chi connectivity index (χ0n) is 9.92. The van der Waals surface area contributed by atoms with Crippen LogP contribution >= 0.6 is 0 Å². The Kier molecular flexibility index (Phi) is 3.47. The van der Waals surface area contributed by atoms with Crippen LogP contribution in [0, 0.1) is 6.92 Å². The molecule has 0 aliphatic rings. The molecule has 0 atom stereocenters. The van der Waals surface area contributed by atoms with E-state index in [0.29, 0.717) is 6.54 Å². The molecule has 1 amide bonds. The van der Waals surface area contributed by atoms with Crippen molar-refractivity contribution in [1.29, 1.82) is 0 Å². The van der Waals surface area contributed by atoms with Gasteiger partial charge in [-0.15, -0.1) is 0 Å². The highest BCUT2D eigenvalue weighted by Gasteiger charge is 2.06. The van der Waals surface area contributed by atoms with Crippen LogP contribution in [-0.2, 0) is 6.54 Å². The molecule has 2 aromatic heterocycles. The van der Waals surface area contributed by atoms with Gasteiger partial charge in [0, 0.05) is 18.4 Å². The largest absolute Gasteiger partial charge is 0.382 e. The number of aromatic nitrogens is 3. The second-order valence-electron chi connectivity index (χ2n) is 3.82. The number of nitrogens with zero attached hydrogens (tertiary/aromatic N) is 3. The minimum atomic E-state index is -0.289. The maximum Gasteiger partial charge on any atom is 0.271 e. The van der Waals surface area contributed by atoms with E-state index in [1.807, 2.05) is 19.1 Å². The minimum Gasteiger partial charge on any atom is -0.382 e. The number of pyridine rings is 1. The van der Waals surface area contributed by atoms with Crippen molar-refractivity contribution in [2.45, 2.75) is 13.5 Å². The Balaban J connectivity index is 1.96. The molecule has 2 aromatic rings. The summed E-state index contributed by atoms with van der Waals surface area (Å²) in [4.78, 5) is 23.6. The maximum atomic E-state index is 11.7. The van der Waals surface area contributed by atoms with Crippen LogP contribution in [0.25, 0.3) is 0 Å². The van der Waals surface area contributed by atoms with Crippen molar-refractivity contribution in [3.8, 4) is 0 Å². The predicted molar refractivity (Wildman–Crippen MR) is 66.6 cm³/mol. The number of aryl methyl sites for hydroxylation is 1. The van der Waals surface area contributed by atoms with Crippen LogP contribution in [0.4, 0.5) is 5.82 Å². The van der Waals surface area contributed by atoms with Crippen molar-refractivity contribution in [3.05, 3.63) is 47.7 Å². The van der Waals surface area contributed by atoms with Crippen LogP contribution in [0.15, 0.2) is 30.7 Å². The first-order valence-electron chi connectivity index (χ1n) is 5.42. The van der Waals surface area contributed by atoms with Gasteiger partial charge in [-0.05, 0) is 18.6 Å². The molecule has 0 aromatic carbocycles. The quantitative estimate of drug-likeness (QED) is 0.827. The summed E-state index contributed by atoms with van der Waals surface area (Å²) in [7, 11) is 0. The number of nitrogens with two attached hydrogens (primary N) is 1. The smallest absolute Gasteiger partial charge is 0.271 e. The Morgan fingerprint density at radius 2 is 2.06 bits per heavy atom. The lowest BCUT2D eigenvalue weighted by molar-refractivity contribution is 0.0945. The fourth-order valence-electron chi connectivity index (χ4n) is 1.33. The van der Waals surface area contributed by atoms with Crippen LogP contribution < -0.4 is 11.1 Å². The summed E-state index contributed by atoms with van der Waals surface area (Å²) in [6, 6.07) is 3.81. The molecule has 92 valence electrons. The van der Waals surface area contributed by atoms with Gasteiger partial charge in [0.1, 0.15) is 11.5 Å². The first-order chi connectivity index (χ1) is 8.65. The molecule has 0 radical (unpaired) electrons. The Hall–Kier alpha value is -2.50. The Morgan fingerprint density at radius 3 is 2.67 bits per heavy atom. The van der Waals surface area contributed by atoms with Gasteiger partial charge in [0.25, 0.3) is 5.91 Å². The molecule has 0 aliphatic carbocycles. The zero-order chi connectivity index (χ0) is 13.0. The maximum absolute atomic E-state index is 11.7. The van der Waals surface area contributed by atoms with Crippen molar-refractivity contribution < 1.29 is 4.79 Å². The molecule has 6 nitrogen and oxygen atoms in total. The van der Waals surface area contributed by atoms with Crippen molar-refractivity contribution in [1.82, 2.24) is 20.3 Å². The lowest BCUT2D eigenvalue weighted by Gasteiger charge is -2.04. The van der Waals surface area contributed by atoms with Crippen molar-refractivity contribution in [3.63, 3.8) is 0 Å². The number of nitrogen functional groups attached to an aromatic ring is 1. The highest BCUT2D eigenvalue weighted by Crippen LogP contribution is 2.00. The van der Waals surface area contributed by atoms with Gasteiger partial charge in [-0.3, -0.25) is 9.78 Å². The summed E-state index contributed by atoms with van der Waals surface area (Å²) in [5, 5.41) is 2.73. The van der Waals surface area contributed by atoms with E-state index in [1.165, 1.54) is 12.4 Å². The molecule has 0 saturated heterocycles. The summed E-state index contributed by atoms with van der Waals surface area (Å²) in [5.41, 5.74) is 7.50. The topological polar surface area (TPSA) is 93.8 Å². The Morgan fingerprint density at radius 1 is 1.22 bits per heavy atom. The lowest BCUT2D eigenvalue weighted by Crippen LogP contribution is -2.24. The van der Waals surface area contributed by atoms with E-state index >= 15 is 0 Å². The van der Waals surface area contributed by atoms with Crippen molar-refractivity contribution in [2.24, 2.45) is 0 Å². The molecule has 2 rings (SSSR count). The van der Waals surface area contributed by atoms with Gasteiger partial charge in [-0.2, -0.15) is 0 Å². The number of carbonyl (C=O) groups excluding carboxylic acids is 1. The molecule has 2 heterocycles. The second kappa shape index (κ2) is 5.22. The number of amides is 1. The first-order valence-corrected chi connectivity index (χ1v) is 5.42. The summed E-state index contributed by atoms with van der Waals surface area (Å²) < 4.78 is 0. The minimum absolute atomic E-state index is 0.240. The summed E-state index contributed by atoms with van der Waals surface area (Å²) in [5.74, 6) is -0.00244. The highest BCUT2D eigenvalue weighted by atomic mass is 16.1. The van der Waals surface area contributed by atoms with Crippen molar-refractivity contribution >= 4 is 11.7 Å². The molecule has 0 spiro atoms. The molecule has 0 aliphatic heterocycles. The van der Waals surface area contributed by atoms with Gasteiger partial charge in [0.15, 0.2) is 0 Å². The van der Waals surface area contributed by atoms with Gasteiger partial charge in [0.2, 0.25) is 0 Å². The van der Waals surface area contributed by atoms with E-state index in [0.717, 1.165) is 11.3 Å². The molecule has 0 fully saturated rings. The van der Waals surface area contributed by atoms with Gasteiger partial charge in [-0.25, -0.2) is 9.97 Å². The molecular formula is C12H13N5O. The number of nitrogens with one attached hydrogen (secondary N) is 1. The van der Waals surface area contributed by atoms with Crippen LogP contribution in [0.2, 0.25) is 0 Å². The van der Waals surface area contributed by atoms with Crippen LogP contribution in [0.1, 0.15) is 21.7 Å². The summed E-state index contributed by atoms with van der Waals surface area (Å²) in [6.45, 7) is 2.31. The van der Waals surface area contributed by atoms with Crippen molar-refractivity contribution in [2.75, 3.05) is 5.73 Å². The van der Waals surface area contributed by atoms with Crippen LogP contribution in [0.5, 0.6) is 0 Å². The fraction of sp³-hybridized carbons (Fsp3) is 0.167. The van der Waals surface area contributed by atoms with E-state index in [1.54, 1.807) is 6.20 Å². The van der Waals surface area contributed by atoms with E-state index in [4.69, 9.17) is 5.73 Å². The average Bonchev–Trinajstić information content (AvgIpc) is 2.38. The zero-order valence-corrected chi connectivity index (χ0v) is 9.92. The first kappa shape index (κ1) is 12.0. The second-order valence-corrected chi connectivity index (χ2v) is 3.82. The van der Waals surface area contributed by atoms with E-state index in [2.05, 4.69) is 20.3 Å². The monoisotopic (exact) mass is 243 g/mol. The molecule has 6 heteroatoms. The Labute approximate surface area is 104 Å². The number of anilines is 1. The third kappa shape index (κ3) is 3.00. The fourth-order valence-corrected chi connectivity index (χ4v) is 1.33. The number of carbonyl (C=O) groups is 1. The average molecular weight is 243 g/mol. The summed E-state index contributed by atoms with van der Waals surface area (Å²) >= 11 is 0. The van der Waals surface area contributed by atoms with Gasteiger partial charge in [0.05, 0.1) is 12.4 Å². The highest BCUT2D eigenvalue weighted by molar-refractivity contribution is 5.91. The molecule has 0 saturated carbocycles. The van der Waals surface area contributed by atoms with E-state index in [-0.39, 0.29) is 17.4 Å². The van der Waals surface area contributed by atoms with Crippen LogP contribution in [-0.4, -0.2) is 20.9 Å². The van der Waals surface area contributed by atoms with Crippen LogP contribution in [0.3, 0.4) is 0 Å². The molecule has 3 N–H and O–H groups in total. The summed E-state index contributed by atoms with van der Waals surface area (Å²) in [6.07, 6.45) is 4.42. The lowest BCUT2D eigenvalue weighted by atomic mass is 10.2. The number of rotatable bonds is 3. The molecular weight excluding hydrogens is 230 g/mol. The van der Waals surface area contributed by atoms with E-state index < -0.39 is 0 Å². The third-order valence-corrected chi connectivity index (χ3v) is 2.33. The third-order valence-electron chi connectivity index (χ3n) is 2.33.